The predicted octanol–water partition coefficient (Wildman–Crippen LogP) is 3.31. The molecule has 0 aromatic heterocycles. The number of carbonyl (C=O) groups is 1. The van der Waals surface area contributed by atoms with Gasteiger partial charge >= 0.3 is 5.97 Å². The largest absolute Gasteiger partial charge is 0.493 e. The van der Waals surface area contributed by atoms with Crippen molar-refractivity contribution in [3.8, 4) is 5.75 Å². The second-order valence-electron chi connectivity index (χ2n) is 4.91. The lowest BCUT2D eigenvalue weighted by atomic mass is 9.98. The number of esters is 1. The van der Waals surface area contributed by atoms with Crippen LogP contribution in [0.5, 0.6) is 5.75 Å². The molecule has 1 rings (SSSR count). The summed E-state index contributed by atoms with van der Waals surface area (Å²) in [5.74, 6) is 0.811. The molecule has 0 fully saturated rings. The molecule has 0 spiro atoms. The van der Waals surface area contributed by atoms with Crippen molar-refractivity contribution in [1.29, 1.82) is 0 Å². The van der Waals surface area contributed by atoms with Crippen molar-refractivity contribution in [2.75, 3.05) is 13.7 Å². The van der Waals surface area contributed by atoms with Crippen LogP contribution >= 0.6 is 0 Å². The van der Waals surface area contributed by atoms with E-state index in [1.165, 1.54) is 18.2 Å². The van der Waals surface area contributed by atoms with E-state index < -0.39 is 0 Å². The molecular formula is C15H22O3. The molecule has 0 saturated heterocycles. The summed E-state index contributed by atoms with van der Waals surface area (Å²) >= 11 is 0. The molecule has 1 unspecified atom stereocenters. The zero-order valence-corrected chi connectivity index (χ0v) is 11.8. The fourth-order valence-electron chi connectivity index (χ4n) is 1.88. The molecule has 3 nitrogen and oxygen atoms in total. The minimum absolute atomic E-state index is 0.245. The molecule has 0 aliphatic heterocycles. The van der Waals surface area contributed by atoms with E-state index in [1.54, 1.807) is 6.92 Å². The SMILES string of the molecule is COC(=O)C(C)COc1ccc(C(C)C)c(C)c1. The molecule has 0 heterocycles. The lowest BCUT2D eigenvalue weighted by Gasteiger charge is -2.14. The number of hydrogen-bond donors (Lipinski definition) is 0. The maximum absolute atomic E-state index is 11.2. The van der Waals surface area contributed by atoms with E-state index in [0.29, 0.717) is 12.5 Å². The quantitative estimate of drug-likeness (QED) is 0.752. The average Bonchev–Trinajstić information content (AvgIpc) is 2.34. The van der Waals surface area contributed by atoms with E-state index in [9.17, 15) is 4.79 Å². The van der Waals surface area contributed by atoms with Crippen LogP contribution < -0.4 is 4.74 Å². The summed E-state index contributed by atoms with van der Waals surface area (Å²) in [4.78, 5) is 11.2. The van der Waals surface area contributed by atoms with Gasteiger partial charge in [-0.15, -0.1) is 0 Å². The van der Waals surface area contributed by atoms with E-state index in [1.807, 2.05) is 12.1 Å². The van der Waals surface area contributed by atoms with Crippen LogP contribution in [0.4, 0.5) is 0 Å². The molecule has 18 heavy (non-hydrogen) atoms. The summed E-state index contributed by atoms with van der Waals surface area (Å²) in [6, 6.07) is 6.05. The van der Waals surface area contributed by atoms with Gasteiger partial charge in [-0.05, 0) is 43.0 Å². The Morgan fingerprint density at radius 1 is 1.28 bits per heavy atom. The van der Waals surface area contributed by atoms with Gasteiger partial charge in [-0.1, -0.05) is 19.9 Å². The van der Waals surface area contributed by atoms with Crippen LogP contribution in [0.1, 0.15) is 37.8 Å². The summed E-state index contributed by atoms with van der Waals surface area (Å²) < 4.78 is 10.3. The maximum atomic E-state index is 11.2. The van der Waals surface area contributed by atoms with Crippen molar-refractivity contribution >= 4 is 5.97 Å². The van der Waals surface area contributed by atoms with Crippen molar-refractivity contribution < 1.29 is 14.3 Å². The van der Waals surface area contributed by atoms with Gasteiger partial charge in [-0.2, -0.15) is 0 Å². The van der Waals surface area contributed by atoms with Crippen LogP contribution in [-0.2, 0) is 9.53 Å². The number of ether oxygens (including phenoxy) is 2. The molecule has 0 amide bonds. The minimum atomic E-state index is -0.250. The van der Waals surface area contributed by atoms with E-state index >= 15 is 0 Å². The Morgan fingerprint density at radius 2 is 1.94 bits per heavy atom. The van der Waals surface area contributed by atoms with Crippen molar-refractivity contribution in [3.63, 3.8) is 0 Å². The summed E-state index contributed by atoms with van der Waals surface area (Å²) in [6.45, 7) is 8.55. The number of carbonyl (C=O) groups excluding carboxylic acids is 1. The number of benzene rings is 1. The van der Waals surface area contributed by atoms with Crippen molar-refractivity contribution in [3.05, 3.63) is 29.3 Å². The molecule has 0 N–H and O–H groups in total. The third-order valence-corrected chi connectivity index (χ3v) is 2.97. The Kier molecular flexibility index (Phi) is 5.20. The summed E-state index contributed by atoms with van der Waals surface area (Å²) in [7, 11) is 1.39. The summed E-state index contributed by atoms with van der Waals surface area (Å²) in [5.41, 5.74) is 2.54. The zero-order valence-electron chi connectivity index (χ0n) is 11.8. The molecule has 0 aliphatic rings. The van der Waals surface area contributed by atoms with E-state index in [2.05, 4.69) is 31.6 Å². The standard InChI is InChI=1S/C15H22O3/c1-10(2)14-7-6-13(8-11(14)3)18-9-12(4)15(16)17-5/h6-8,10,12H,9H2,1-5H3. The van der Waals surface area contributed by atoms with Gasteiger partial charge in [-0.3, -0.25) is 4.79 Å². The molecule has 100 valence electrons. The fourth-order valence-corrected chi connectivity index (χ4v) is 1.88. The van der Waals surface area contributed by atoms with Crippen molar-refractivity contribution in [2.45, 2.75) is 33.6 Å². The van der Waals surface area contributed by atoms with Gasteiger partial charge in [0.25, 0.3) is 0 Å². The Bertz CT molecular complexity index is 410. The summed E-state index contributed by atoms with van der Waals surface area (Å²) in [5, 5.41) is 0. The highest BCUT2D eigenvalue weighted by Gasteiger charge is 2.14. The molecule has 1 atom stereocenters. The highest BCUT2D eigenvalue weighted by molar-refractivity contribution is 5.71. The molecule has 0 aliphatic carbocycles. The van der Waals surface area contributed by atoms with Crippen LogP contribution in [0.3, 0.4) is 0 Å². The monoisotopic (exact) mass is 250 g/mol. The second kappa shape index (κ2) is 6.43. The number of hydrogen-bond acceptors (Lipinski definition) is 3. The van der Waals surface area contributed by atoms with E-state index in [4.69, 9.17) is 4.74 Å². The average molecular weight is 250 g/mol. The first-order chi connectivity index (χ1) is 8.45. The third kappa shape index (κ3) is 3.76. The van der Waals surface area contributed by atoms with Gasteiger partial charge in [0.2, 0.25) is 0 Å². The molecule has 1 aromatic rings. The predicted molar refractivity (Wildman–Crippen MR) is 71.9 cm³/mol. The first-order valence-corrected chi connectivity index (χ1v) is 6.26. The van der Waals surface area contributed by atoms with E-state index in [-0.39, 0.29) is 11.9 Å². The minimum Gasteiger partial charge on any atom is -0.493 e. The second-order valence-corrected chi connectivity index (χ2v) is 4.91. The topological polar surface area (TPSA) is 35.5 Å². The molecule has 0 radical (unpaired) electrons. The van der Waals surface area contributed by atoms with Gasteiger partial charge < -0.3 is 9.47 Å². The van der Waals surface area contributed by atoms with Crippen LogP contribution in [0.2, 0.25) is 0 Å². The van der Waals surface area contributed by atoms with Crippen molar-refractivity contribution in [2.24, 2.45) is 5.92 Å². The molecule has 0 bridgehead atoms. The lowest BCUT2D eigenvalue weighted by Crippen LogP contribution is -2.20. The van der Waals surface area contributed by atoms with Crippen LogP contribution in [0.25, 0.3) is 0 Å². The Labute approximate surface area is 109 Å². The van der Waals surface area contributed by atoms with Gasteiger partial charge in [-0.25, -0.2) is 0 Å². The lowest BCUT2D eigenvalue weighted by molar-refractivity contribution is -0.145. The van der Waals surface area contributed by atoms with Gasteiger partial charge in [0.05, 0.1) is 13.0 Å². The normalized spacial score (nSPS) is 12.3. The summed E-state index contributed by atoms with van der Waals surface area (Å²) in [6.07, 6.45) is 0. The fraction of sp³-hybridized carbons (Fsp3) is 0.533. The number of aryl methyl sites for hydroxylation is 1. The molecule has 1 aromatic carbocycles. The van der Waals surface area contributed by atoms with Crippen LogP contribution in [0.15, 0.2) is 18.2 Å². The van der Waals surface area contributed by atoms with Gasteiger partial charge in [0.1, 0.15) is 12.4 Å². The Balaban J connectivity index is 2.64. The maximum Gasteiger partial charge on any atom is 0.311 e. The first kappa shape index (κ1) is 14.6. The highest BCUT2D eigenvalue weighted by Crippen LogP contribution is 2.23. The highest BCUT2D eigenvalue weighted by atomic mass is 16.5. The smallest absolute Gasteiger partial charge is 0.311 e. The number of methoxy groups -OCH3 is 1. The van der Waals surface area contributed by atoms with Gasteiger partial charge in [0, 0.05) is 0 Å². The van der Waals surface area contributed by atoms with E-state index in [0.717, 1.165) is 5.75 Å². The van der Waals surface area contributed by atoms with Gasteiger partial charge in [0.15, 0.2) is 0 Å². The molecule has 0 saturated carbocycles. The zero-order chi connectivity index (χ0) is 13.7. The van der Waals surface area contributed by atoms with Crippen molar-refractivity contribution in [1.82, 2.24) is 0 Å². The molecule has 3 heteroatoms. The Hall–Kier alpha value is -1.51. The third-order valence-electron chi connectivity index (χ3n) is 2.97. The first-order valence-electron chi connectivity index (χ1n) is 6.26. The van der Waals surface area contributed by atoms with Crippen LogP contribution in [-0.4, -0.2) is 19.7 Å². The number of rotatable bonds is 5. The van der Waals surface area contributed by atoms with Crippen LogP contribution in [0, 0.1) is 12.8 Å². The Morgan fingerprint density at radius 3 is 2.44 bits per heavy atom. The molecular weight excluding hydrogens is 228 g/mol.